The molecular formula is C15H31N5. The van der Waals surface area contributed by atoms with E-state index in [0.29, 0.717) is 0 Å². The van der Waals surface area contributed by atoms with Crippen LogP contribution in [0.5, 0.6) is 0 Å². The molecule has 5 nitrogen and oxygen atoms in total. The highest BCUT2D eigenvalue weighted by atomic mass is 15.3. The van der Waals surface area contributed by atoms with Crippen LogP contribution in [0.25, 0.3) is 0 Å². The second-order valence-corrected chi connectivity index (χ2v) is 6.19. The first-order valence-corrected chi connectivity index (χ1v) is 8.18. The Morgan fingerprint density at radius 3 is 2.25 bits per heavy atom. The van der Waals surface area contributed by atoms with Gasteiger partial charge in [-0.3, -0.25) is 9.89 Å². The minimum atomic E-state index is 0.754. The zero-order valence-corrected chi connectivity index (χ0v) is 13.2. The zero-order chi connectivity index (χ0) is 14.4. The number of likely N-dealkylation sites (N-methyl/N-ethyl adjacent to an activating group) is 1. The van der Waals surface area contributed by atoms with Crippen LogP contribution in [0.3, 0.4) is 0 Å². The lowest BCUT2D eigenvalue weighted by Gasteiger charge is -2.34. The summed E-state index contributed by atoms with van der Waals surface area (Å²) >= 11 is 0. The summed E-state index contributed by atoms with van der Waals surface area (Å²) in [5.41, 5.74) is 6.10. The molecule has 0 aromatic carbocycles. The Kier molecular flexibility index (Phi) is 6.10. The Balaban J connectivity index is 1.65. The van der Waals surface area contributed by atoms with E-state index in [-0.39, 0.29) is 0 Å². The van der Waals surface area contributed by atoms with Gasteiger partial charge in [0.25, 0.3) is 0 Å². The highest BCUT2D eigenvalue weighted by Gasteiger charge is 2.17. The maximum Gasteiger partial charge on any atom is 0.191 e. The van der Waals surface area contributed by atoms with Crippen molar-refractivity contribution in [3.63, 3.8) is 0 Å². The molecule has 0 saturated carbocycles. The van der Waals surface area contributed by atoms with Gasteiger partial charge in [0, 0.05) is 45.8 Å². The third-order valence-electron chi connectivity index (χ3n) is 4.71. The summed E-state index contributed by atoms with van der Waals surface area (Å²) < 4.78 is 0. The van der Waals surface area contributed by atoms with Crippen LogP contribution in [-0.2, 0) is 0 Å². The minimum absolute atomic E-state index is 0.754. The van der Waals surface area contributed by atoms with Crippen molar-refractivity contribution >= 4 is 5.96 Å². The molecule has 2 aliphatic heterocycles. The Morgan fingerprint density at radius 2 is 1.65 bits per heavy atom. The van der Waals surface area contributed by atoms with E-state index in [0.717, 1.165) is 38.1 Å². The van der Waals surface area contributed by atoms with E-state index in [9.17, 15) is 0 Å². The van der Waals surface area contributed by atoms with E-state index in [1.54, 1.807) is 0 Å². The van der Waals surface area contributed by atoms with Gasteiger partial charge in [-0.1, -0.05) is 13.8 Å². The van der Waals surface area contributed by atoms with Crippen LogP contribution >= 0.6 is 0 Å². The molecule has 0 aliphatic carbocycles. The molecule has 0 spiro atoms. The lowest BCUT2D eigenvalue weighted by molar-refractivity contribution is 0.140. The fourth-order valence-electron chi connectivity index (χ4n) is 2.97. The van der Waals surface area contributed by atoms with Crippen LogP contribution in [0.15, 0.2) is 4.99 Å². The van der Waals surface area contributed by atoms with Crippen LogP contribution < -0.4 is 5.73 Å². The Bertz CT molecular complexity index is 301. The summed E-state index contributed by atoms with van der Waals surface area (Å²) in [5, 5.41) is 0. The molecule has 0 atom stereocenters. The summed E-state index contributed by atoms with van der Waals surface area (Å²) in [5.74, 6) is 1.60. The van der Waals surface area contributed by atoms with Gasteiger partial charge < -0.3 is 15.5 Å². The van der Waals surface area contributed by atoms with Gasteiger partial charge >= 0.3 is 0 Å². The monoisotopic (exact) mass is 281 g/mol. The summed E-state index contributed by atoms with van der Waals surface area (Å²) in [4.78, 5) is 11.8. The van der Waals surface area contributed by atoms with Crippen molar-refractivity contribution in [2.75, 3.05) is 58.9 Å². The molecule has 2 aliphatic rings. The largest absolute Gasteiger partial charge is 0.370 e. The van der Waals surface area contributed by atoms with Crippen LogP contribution in [0.2, 0.25) is 0 Å². The number of nitrogens with zero attached hydrogens (tertiary/aromatic N) is 4. The Hall–Kier alpha value is -0.810. The predicted molar refractivity (Wildman–Crippen MR) is 85.0 cm³/mol. The number of guanidine groups is 1. The Labute approximate surface area is 123 Å². The van der Waals surface area contributed by atoms with Gasteiger partial charge in [0.2, 0.25) is 0 Å². The number of piperidine rings is 1. The molecule has 0 bridgehead atoms. The number of nitrogens with two attached hydrogens (primary N) is 1. The van der Waals surface area contributed by atoms with Crippen molar-refractivity contribution in [2.45, 2.75) is 26.7 Å². The molecule has 0 aromatic heterocycles. The number of likely N-dealkylation sites (tertiary alicyclic amines) is 1. The number of hydrogen-bond acceptors (Lipinski definition) is 3. The molecule has 5 heteroatoms. The fourth-order valence-corrected chi connectivity index (χ4v) is 2.97. The molecule has 2 fully saturated rings. The van der Waals surface area contributed by atoms with Gasteiger partial charge in [-0.15, -0.1) is 0 Å². The second kappa shape index (κ2) is 7.84. The van der Waals surface area contributed by atoms with E-state index < -0.39 is 0 Å². The Morgan fingerprint density at radius 1 is 1.05 bits per heavy atom. The normalized spacial score (nSPS) is 24.3. The zero-order valence-electron chi connectivity index (χ0n) is 13.2. The van der Waals surface area contributed by atoms with Crippen LogP contribution in [0, 0.1) is 5.92 Å². The third-order valence-corrected chi connectivity index (χ3v) is 4.71. The summed E-state index contributed by atoms with van der Waals surface area (Å²) in [7, 11) is 0. The van der Waals surface area contributed by atoms with Crippen molar-refractivity contribution in [2.24, 2.45) is 16.6 Å². The average molecular weight is 281 g/mol. The topological polar surface area (TPSA) is 48.1 Å². The lowest BCUT2D eigenvalue weighted by Crippen LogP contribution is -2.47. The number of rotatable bonds is 4. The van der Waals surface area contributed by atoms with Crippen molar-refractivity contribution < 1.29 is 0 Å². The molecule has 116 valence electrons. The lowest BCUT2D eigenvalue weighted by atomic mass is 10.00. The van der Waals surface area contributed by atoms with Crippen LogP contribution in [-0.4, -0.2) is 79.6 Å². The minimum Gasteiger partial charge on any atom is -0.370 e. The fraction of sp³-hybridized carbons (Fsp3) is 0.933. The first-order valence-electron chi connectivity index (χ1n) is 8.18. The van der Waals surface area contributed by atoms with Crippen molar-refractivity contribution in [3.05, 3.63) is 0 Å². The molecule has 2 heterocycles. The SMILES string of the molecule is CCN1CCN(CCN=C(N)N2CCC(C)CC2)CC1. The van der Waals surface area contributed by atoms with Gasteiger partial charge in [-0.2, -0.15) is 0 Å². The van der Waals surface area contributed by atoms with E-state index in [2.05, 4.69) is 33.5 Å². The highest BCUT2D eigenvalue weighted by molar-refractivity contribution is 5.78. The number of piperazine rings is 1. The molecule has 0 radical (unpaired) electrons. The first-order chi connectivity index (χ1) is 9.69. The predicted octanol–water partition coefficient (Wildman–Crippen LogP) is 0.671. The van der Waals surface area contributed by atoms with E-state index in [1.165, 1.54) is 45.6 Å². The summed E-state index contributed by atoms with van der Waals surface area (Å²) in [6.07, 6.45) is 2.49. The third kappa shape index (κ3) is 4.63. The van der Waals surface area contributed by atoms with Gasteiger partial charge in [0.15, 0.2) is 5.96 Å². The van der Waals surface area contributed by atoms with E-state index in [4.69, 9.17) is 5.73 Å². The summed E-state index contributed by atoms with van der Waals surface area (Å²) in [6.45, 7) is 14.5. The van der Waals surface area contributed by atoms with Crippen LogP contribution in [0.1, 0.15) is 26.7 Å². The van der Waals surface area contributed by atoms with Gasteiger partial charge in [0.05, 0.1) is 6.54 Å². The molecule has 2 rings (SSSR count). The molecule has 20 heavy (non-hydrogen) atoms. The summed E-state index contributed by atoms with van der Waals surface area (Å²) in [6, 6.07) is 0. The quantitative estimate of drug-likeness (QED) is 0.608. The number of hydrogen-bond donors (Lipinski definition) is 1. The molecule has 2 N–H and O–H groups in total. The maximum absolute atomic E-state index is 6.10. The molecule has 2 saturated heterocycles. The molecule has 0 aromatic rings. The van der Waals surface area contributed by atoms with Gasteiger partial charge in [-0.05, 0) is 25.3 Å². The van der Waals surface area contributed by atoms with E-state index >= 15 is 0 Å². The molecule has 0 unspecified atom stereocenters. The highest BCUT2D eigenvalue weighted by Crippen LogP contribution is 2.15. The molecule has 0 amide bonds. The van der Waals surface area contributed by atoms with E-state index in [1.807, 2.05) is 0 Å². The standard InChI is InChI=1S/C15H31N5/c1-3-18-10-12-19(13-11-18)9-6-17-15(16)20-7-4-14(2)5-8-20/h14H,3-13H2,1-2H3,(H2,16,17). The van der Waals surface area contributed by atoms with Gasteiger partial charge in [0.1, 0.15) is 0 Å². The maximum atomic E-state index is 6.10. The average Bonchev–Trinajstić information content (AvgIpc) is 2.48. The van der Waals surface area contributed by atoms with Crippen molar-refractivity contribution in [3.8, 4) is 0 Å². The van der Waals surface area contributed by atoms with Gasteiger partial charge in [-0.25, -0.2) is 0 Å². The second-order valence-electron chi connectivity index (χ2n) is 6.19. The van der Waals surface area contributed by atoms with Crippen molar-refractivity contribution in [1.82, 2.24) is 14.7 Å². The van der Waals surface area contributed by atoms with Crippen LogP contribution in [0.4, 0.5) is 0 Å². The van der Waals surface area contributed by atoms with Crippen molar-refractivity contribution in [1.29, 1.82) is 0 Å². The number of aliphatic imine (C=N–C) groups is 1. The first kappa shape index (κ1) is 15.6. The smallest absolute Gasteiger partial charge is 0.191 e. The molecular weight excluding hydrogens is 250 g/mol.